The van der Waals surface area contributed by atoms with Crippen molar-refractivity contribution < 1.29 is 9.42 Å². The lowest BCUT2D eigenvalue weighted by atomic mass is 10.1. The molecule has 2 aromatic heterocycles. The second-order valence-corrected chi connectivity index (χ2v) is 4.58. The summed E-state index contributed by atoms with van der Waals surface area (Å²) in [5.41, 5.74) is 5.64. The lowest BCUT2D eigenvalue weighted by molar-refractivity contribution is 0.0944. The summed E-state index contributed by atoms with van der Waals surface area (Å²) in [6.45, 7) is 3.46. The van der Waals surface area contributed by atoms with E-state index < -0.39 is 5.91 Å². The number of aromatic amines is 1. The maximum Gasteiger partial charge on any atom is 0.295 e. The monoisotopic (exact) mass is 283 g/mol. The number of aromatic nitrogens is 3. The Kier molecular flexibility index (Phi) is 3.23. The molecule has 3 rings (SSSR count). The first-order valence-electron chi connectivity index (χ1n) is 6.37. The van der Waals surface area contributed by atoms with Crippen molar-refractivity contribution in [3.63, 3.8) is 0 Å². The predicted octanol–water partition coefficient (Wildman–Crippen LogP) is 2.01. The van der Waals surface area contributed by atoms with Gasteiger partial charge in [-0.1, -0.05) is 23.4 Å². The second-order valence-electron chi connectivity index (χ2n) is 4.58. The van der Waals surface area contributed by atoms with Crippen molar-refractivity contribution >= 4 is 22.5 Å². The third kappa shape index (κ3) is 2.40. The Bertz CT molecular complexity index is 831. The van der Waals surface area contributed by atoms with Gasteiger partial charge in [-0.2, -0.15) is 5.10 Å². The molecule has 0 saturated carbocycles. The summed E-state index contributed by atoms with van der Waals surface area (Å²) < 4.78 is 4.49. The number of benzene rings is 1. The first-order chi connectivity index (χ1) is 10.2. The molecule has 0 spiro atoms. The van der Waals surface area contributed by atoms with Crippen molar-refractivity contribution in [1.29, 1.82) is 0 Å². The molecule has 106 valence electrons. The highest BCUT2D eigenvalue weighted by molar-refractivity contribution is 6.10. The van der Waals surface area contributed by atoms with E-state index in [1.807, 2.05) is 37.4 Å². The third-order valence-electron chi connectivity index (χ3n) is 3.17. The smallest absolute Gasteiger partial charge is 0.295 e. The summed E-state index contributed by atoms with van der Waals surface area (Å²) in [5, 5.41) is 12.2. The molecular weight excluding hydrogens is 270 g/mol. The number of hydrogen-bond donors (Lipinski definition) is 2. The van der Waals surface area contributed by atoms with Gasteiger partial charge in [-0.3, -0.25) is 4.79 Å². The van der Waals surface area contributed by atoms with Crippen molar-refractivity contribution in [3.8, 4) is 0 Å². The predicted molar refractivity (Wildman–Crippen MR) is 77.0 cm³/mol. The van der Waals surface area contributed by atoms with Gasteiger partial charge in [0.2, 0.25) is 0 Å². The average molecular weight is 283 g/mol. The molecule has 2 heterocycles. The molecule has 0 aliphatic rings. The molecule has 0 bridgehead atoms. The lowest BCUT2D eigenvalue weighted by Crippen LogP contribution is -2.20. The van der Waals surface area contributed by atoms with Crippen molar-refractivity contribution in [2.75, 3.05) is 0 Å². The van der Waals surface area contributed by atoms with E-state index in [0.29, 0.717) is 11.4 Å². The minimum atomic E-state index is -0.451. The van der Waals surface area contributed by atoms with Gasteiger partial charge in [-0.15, -0.1) is 0 Å². The van der Waals surface area contributed by atoms with E-state index >= 15 is 0 Å². The quantitative estimate of drug-likeness (QED) is 0.567. The van der Waals surface area contributed by atoms with Crippen LogP contribution in [0, 0.1) is 6.92 Å². The zero-order chi connectivity index (χ0) is 14.8. The zero-order valence-corrected chi connectivity index (χ0v) is 11.5. The minimum Gasteiger partial charge on any atom is -0.360 e. The number of para-hydroxylation sites is 1. The Labute approximate surface area is 120 Å². The number of fused-ring (bicyclic) bond motifs is 1. The lowest BCUT2D eigenvalue weighted by Gasteiger charge is -2.00. The topological polar surface area (TPSA) is 96.2 Å². The van der Waals surface area contributed by atoms with Crippen LogP contribution in [-0.2, 0) is 0 Å². The Morgan fingerprint density at radius 2 is 2.14 bits per heavy atom. The molecule has 7 heteroatoms. The highest BCUT2D eigenvalue weighted by Gasteiger charge is 2.14. The molecule has 3 aromatic rings. The van der Waals surface area contributed by atoms with Crippen molar-refractivity contribution in [2.45, 2.75) is 13.8 Å². The first-order valence-corrected chi connectivity index (χ1v) is 6.37. The average Bonchev–Trinajstić information content (AvgIpc) is 3.10. The number of nitrogens with one attached hydrogen (secondary N) is 2. The number of carbonyl (C=O) groups excluding carboxylic acids is 1. The van der Waals surface area contributed by atoms with Crippen LogP contribution in [0.15, 0.2) is 40.2 Å². The summed E-state index contributed by atoms with van der Waals surface area (Å²) in [5.74, 6) is -0.451. The molecule has 0 aliphatic carbocycles. The zero-order valence-electron chi connectivity index (χ0n) is 11.5. The minimum absolute atomic E-state index is 0.130. The molecule has 0 unspecified atom stereocenters. The molecule has 2 N–H and O–H groups in total. The summed E-state index contributed by atoms with van der Waals surface area (Å²) in [6.07, 6.45) is 1.86. The maximum absolute atomic E-state index is 11.9. The molecule has 1 aromatic carbocycles. The number of hydrogen-bond acceptors (Lipinski definition) is 5. The Balaban J connectivity index is 1.83. The van der Waals surface area contributed by atoms with E-state index in [1.54, 1.807) is 6.92 Å². The number of hydrazone groups is 1. The van der Waals surface area contributed by atoms with Crippen LogP contribution in [-0.4, -0.2) is 26.9 Å². The van der Waals surface area contributed by atoms with Gasteiger partial charge in [0.1, 0.15) is 5.69 Å². The van der Waals surface area contributed by atoms with Crippen LogP contribution < -0.4 is 5.43 Å². The number of nitrogens with zero attached hydrogens (tertiary/aromatic N) is 3. The van der Waals surface area contributed by atoms with E-state index in [0.717, 1.165) is 16.5 Å². The van der Waals surface area contributed by atoms with Crippen LogP contribution in [0.4, 0.5) is 0 Å². The highest BCUT2D eigenvalue weighted by Crippen LogP contribution is 2.18. The van der Waals surface area contributed by atoms with Gasteiger partial charge in [-0.25, -0.2) is 10.1 Å². The van der Waals surface area contributed by atoms with E-state index in [-0.39, 0.29) is 5.69 Å². The van der Waals surface area contributed by atoms with Crippen LogP contribution in [0.25, 0.3) is 10.9 Å². The normalized spacial score (nSPS) is 11.8. The molecule has 0 atom stereocenters. The summed E-state index contributed by atoms with van der Waals surface area (Å²) in [4.78, 5) is 15.0. The summed E-state index contributed by atoms with van der Waals surface area (Å²) in [6, 6.07) is 7.88. The molecular formula is C14H13N5O2. The SMILES string of the molecule is C/C(=N\NC(=O)c1nonc1C)c1c[nH]c2ccccc12. The Hall–Kier alpha value is -2.96. The van der Waals surface area contributed by atoms with Gasteiger partial charge in [0.25, 0.3) is 5.91 Å². The molecule has 0 saturated heterocycles. The molecule has 0 radical (unpaired) electrons. The van der Waals surface area contributed by atoms with Gasteiger partial charge in [0.15, 0.2) is 5.69 Å². The summed E-state index contributed by atoms with van der Waals surface area (Å²) in [7, 11) is 0. The summed E-state index contributed by atoms with van der Waals surface area (Å²) >= 11 is 0. The molecule has 0 fully saturated rings. The number of amides is 1. The second kappa shape index (κ2) is 5.20. The first kappa shape index (κ1) is 13.0. The van der Waals surface area contributed by atoms with Crippen molar-refractivity contribution in [1.82, 2.24) is 20.7 Å². The Morgan fingerprint density at radius 3 is 2.90 bits per heavy atom. The largest absolute Gasteiger partial charge is 0.360 e. The highest BCUT2D eigenvalue weighted by atomic mass is 16.6. The van der Waals surface area contributed by atoms with Gasteiger partial charge >= 0.3 is 0 Å². The maximum atomic E-state index is 11.9. The van der Waals surface area contributed by atoms with E-state index in [1.165, 1.54) is 0 Å². The van der Waals surface area contributed by atoms with Gasteiger partial charge in [0, 0.05) is 22.7 Å². The van der Waals surface area contributed by atoms with Crippen molar-refractivity contribution in [2.24, 2.45) is 5.10 Å². The van der Waals surface area contributed by atoms with Crippen LogP contribution in [0.2, 0.25) is 0 Å². The number of carbonyl (C=O) groups is 1. The van der Waals surface area contributed by atoms with Crippen LogP contribution >= 0.6 is 0 Å². The van der Waals surface area contributed by atoms with Crippen LogP contribution in [0.5, 0.6) is 0 Å². The standard InChI is InChI=1S/C14H13N5O2/c1-8(11-7-15-12-6-4-3-5-10(11)12)16-17-14(20)13-9(2)18-21-19-13/h3-7,15H,1-2H3,(H,17,20)/b16-8+. The van der Waals surface area contributed by atoms with Gasteiger partial charge in [0.05, 0.1) is 5.71 Å². The van der Waals surface area contributed by atoms with E-state index in [2.05, 4.69) is 30.5 Å². The van der Waals surface area contributed by atoms with E-state index in [9.17, 15) is 4.79 Å². The van der Waals surface area contributed by atoms with Crippen LogP contribution in [0.1, 0.15) is 28.7 Å². The molecule has 0 aliphatic heterocycles. The fourth-order valence-electron chi connectivity index (χ4n) is 2.06. The van der Waals surface area contributed by atoms with Crippen molar-refractivity contribution in [3.05, 3.63) is 47.4 Å². The number of rotatable bonds is 3. The van der Waals surface area contributed by atoms with Gasteiger partial charge < -0.3 is 4.98 Å². The third-order valence-corrected chi connectivity index (χ3v) is 3.17. The molecule has 7 nitrogen and oxygen atoms in total. The van der Waals surface area contributed by atoms with E-state index in [4.69, 9.17) is 0 Å². The Morgan fingerprint density at radius 1 is 1.33 bits per heavy atom. The number of H-pyrrole nitrogens is 1. The fraction of sp³-hybridized carbons (Fsp3) is 0.143. The molecule has 21 heavy (non-hydrogen) atoms. The fourth-order valence-corrected chi connectivity index (χ4v) is 2.06. The van der Waals surface area contributed by atoms with Gasteiger partial charge in [-0.05, 0) is 25.1 Å². The molecule has 1 amide bonds. The number of aryl methyl sites for hydroxylation is 1. The van der Waals surface area contributed by atoms with Crippen LogP contribution in [0.3, 0.4) is 0 Å².